The molecule has 2 aromatic carbocycles. The van der Waals surface area contributed by atoms with Crippen molar-refractivity contribution < 1.29 is 29.3 Å². The van der Waals surface area contributed by atoms with E-state index in [1.165, 1.54) is 0 Å². The molecule has 3 N–H and O–H groups in total. The van der Waals surface area contributed by atoms with E-state index in [4.69, 9.17) is 14.6 Å². The van der Waals surface area contributed by atoms with Gasteiger partial charge in [-0.15, -0.1) is 0 Å². The molecule has 0 spiro atoms. The number of amides is 1. The second kappa shape index (κ2) is 10.6. The highest BCUT2D eigenvalue weighted by molar-refractivity contribution is 5.69. The van der Waals surface area contributed by atoms with E-state index in [1.54, 1.807) is 32.9 Å². The predicted octanol–water partition coefficient (Wildman–Crippen LogP) is 3.54. The van der Waals surface area contributed by atoms with Crippen molar-refractivity contribution >= 4 is 12.1 Å². The maximum atomic E-state index is 12.1. The molecule has 0 aliphatic rings. The molecule has 7 heteroatoms. The van der Waals surface area contributed by atoms with Gasteiger partial charge < -0.3 is 25.0 Å². The zero-order chi connectivity index (χ0) is 22.1. The van der Waals surface area contributed by atoms with Crippen LogP contribution in [0.1, 0.15) is 38.3 Å². The number of nitrogens with one attached hydrogen (secondary N) is 1. The third-order valence-corrected chi connectivity index (χ3v) is 4.18. The van der Waals surface area contributed by atoms with Gasteiger partial charge in [-0.05, 0) is 50.5 Å². The summed E-state index contributed by atoms with van der Waals surface area (Å²) >= 11 is 0. The van der Waals surface area contributed by atoms with Gasteiger partial charge in [0, 0.05) is 0 Å². The van der Waals surface area contributed by atoms with Crippen LogP contribution in [0.15, 0.2) is 54.6 Å². The smallest absolute Gasteiger partial charge is 0.407 e. The average molecular weight is 415 g/mol. The number of carboxylic acids is 1. The summed E-state index contributed by atoms with van der Waals surface area (Å²) in [6.07, 6.45) is -2.21. The number of aliphatic hydroxyl groups is 1. The summed E-state index contributed by atoms with van der Waals surface area (Å²) in [4.78, 5) is 23.1. The Balaban J connectivity index is 2.00. The van der Waals surface area contributed by atoms with Crippen molar-refractivity contribution in [3.05, 3.63) is 65.7 Å². The van der Waals surface area contributed by atoms with E-state index in [9.17, 15) is 14.7 Å². The second-order valence-corrected chi connectivity index (χ2v) is 8.04. The highest BCUT2D eigenvalue weighted by Gasteiger charge is 2.26. The molecule has 1 amide bonds. The lowest BCUT2D eigenvalue weighted by molar-refractivity contribution is -0.139. The van der Waals surface area contributed by atoms with Gasteiger partial charge in [0.15, 0.2) is 0 Å². The average Bonchev–Trinajstić information content (AvgIpc) is 2.65. The maximum Gasteiger partial charge on any atom is 0.407 e. The molecule has 0 radical (unpaired) electrons. The van der Waals surface area contributed by atoms with E-state index in [1.807, 2.05) is 42.5 Å². The number of rotatable bonds is 9. The van der Waals surface area contributed by atoms with Gasteiger partial charge >= 0.3 is 12.1 Å². The number of carbonyl (C=O) groups excluding carboxylic acids is 1. The van der Waals surface area contributed by atoms with Crippen LogP contribution in [0.4, 0.5) is 4.79 Å². The zero-order valence-electron chi connectivity index (χ0n) is 17.5. The number of aliphatic carboxylic acids is 1. The Morgan fingerprint density at radius 1 is 1.00 bits per heavy atom. The second-order valence-electron chi connectivity index (χ2n) is 8.04. The summed E-state index contributed by atoms with van der Waals surface area (Å²) in [7, 11) is 0. The molecule has 7 nitrogen and oxygen atoms in total. The molecule has 0 heterocycles. The quantitative estimate of drug-likeness (QED) is 0.579. The Morgan fingerprint density at radius 2 is 1.63 bits per heavy atom. The third-order valence-electron chi connectivity index (χ3n) is 4.18. The van der Waals surface area contributed by atoms with Crippen LogP contribution >= 0.6 is 0 Å². The summed E-state index contributed by atoms with van der Waals surface area (Å²) in [6, 6.07) is 16.2. The Morgan fingerprint density at radius 3 is 2.20 bits per heavy atom. The fourth-order valence-electron chi connectivity index (χ4n) is 2.78. The summed E-state index contributed by atoms with van der Waals surface area (Å²) in [5.41, 5.74) is 1.16. The molecular formula is C23H29NO6. The number of alkyl carbamates (subject to hydrolysis) is 1. The SMILES string of the molecule is CC(C)(C)OC(=O)NC(Cc1ccc(OCc2ccccc2)cc1)[C@@H](O)CC(=O)O. The first-order chi connectivity index (χ1) is 14.1. The minimum absolute atomic E-state index is 0.243. The van der Waals surface area contributed by atoms with Gasteiger partial charge in [0.2, 0.25) is 0 Å². The first-order valence-electron chi connectivity index (χ1n) is 9.77. The van der Waals surface area contributed by atoms with Crippen LogP contribution in [0.5, 0.6) is 5.75 Å². The summed E-state index contributed by atoms with van der Waals surface area (Å²) in [5.74, 6) is -0.464. The van der Waals surface area contributed by atoms with Crippen molar-refractivity contribution in [2.45, 2.75) is 58.0 Å². The fourth-order valence-corrected chi connectivity index (χ4v) is 2.78. The molecule has 0 fully saturated rings. The molecular weight excluding hydrogens is 386 g/mol. The molecule has 30 heavy (non-hydrogen) atoms. The Kier molecular flexibility index (Phi) is 8.24. The topological polar surface area (TPSA) is 105 Å². The van der Waals surface area contributed by atoms with E-state index in [0.717, 1.165) is 11.1 Å². The van der Waals surface area contributed by atoms with Crippen LogP contribution in [-0.4, -0.2) is 40.0 Å². The number of hydrogen-bond donors (Lipinski definition) is 3. The van der Waals surface area contributed by atoms with Crippen molar-refractivity contribution in [3.63, 3.8) is 0 Å². The van der Waals surface area contributed by atoms with Gasteiger partial charge in [-0.3, -0.25) is 4.79 Å². The lowest BCUT2D eigenvalue weighted by atomic mass is 9.99. The van der Waals surface area contributed by atoms with Gasteiger partial charge in [0.25, 0.3) is 0 Å². The third kappa shape index (κ3) is 8.53. The normalized spacial score (nSPS) is 13.2. The number of carbonyl (C=O) groups is 2. The molecule has 0 saturated heterocycles. The largest absolute Gasteiger partial charge is 0.489 e. The summed E-state index contributed by atoms with van der Waals surface area (Å²) in [6.45, 7) is 5.62. The lowest BCUT2D eigenvalue weighted by Gasteiger charge is -2.26. The fraction of sp³-hybridized carbons (Fsp3) is 0.391. The van der Waals surface area contributed by atoms with E-state index in [0.29, 0.717) is 12.4 Å². The number of hydrogen-bond acceptors (Lipinski definition) is 5. The highest BCUT2D eigenvalue weighted by Crippen LogP contribution is 2.17. The molecule has 0 bridgehead atoms. The molecule has 0 aromatic heterocycles. The van der Waals surface area contributed by atoms with E-state index >= 15 is 0 Å². The molecule has 0 aliphatic heterocycles. The molecule has 1 unspecified atom stereocenters. The first-order valence-corrected chi connectivity index (χ1v) is 9.77. The number of carboxylic acid groups (broad SMARTS) is 1. The van der Waals surface area contributed by atoms with Crippen molar-refractivity contribution in [2.75, 3.05) is 0 Å². The zero-order valence-corrected chi connectivity index (χ0v) is 17.5. The van der Waals surface area contributed by atoms with Crippen molar-refractivity contribution in [3.8, 4) is 5.75 Å². The summed E-state index contributed by atoms with van der Waals surface area (Å²) < 4.78 is 11.0. The van der Waals surface area contributed by atoms with Crippen molar-refractivity contribution in [1.29, 1.82) is 0 Å². The van der Waals surface area contributed by atoms with Gasteiger partial charge in [0.05, 0.1) is 18.6 Å². The minimum Gasteiger partial charge on any atom is -0.489 e. The standard InChI is InChI=1S/C23H29NO6/c1-23(2,3)30-22(28)24-19(20(25)14-21(26)27)13-16-9-11-18(12-10-16)29-15-17-7-5-4-6-8-17/h4-12,19-20,25H,13-15H2,1-3H3,(H,24,28)(H,26,27)/t19?,20-/m0/s1. The first kappa shape index (κ1) is 23.2. The monoisotopic (exact) mass is 415 g/mol. The van der Waals surface area contributed by atoms with E-state index < -0.39 is 36.2 Å². The minimum atomic E-state index is -1.26. The van der Waals surface area contributed by atoms with Gasteiger partial charge in [-0.25, -0.2) is 4.79 Å². The van der Waals surface area contributed by atoms with Crippen LogP contribution in [0.2, 0.25) is 0 Å². The summed E-state index contributed by atoms with van der Waals surface area (Å²) in [5, 5.41) is 21.8. The number of aliphatic hydroxyl groups excluding tert-OH is 1. The number of ether oxygens (including phenoxy) is 2. The van der Waals surface area contributed by atoms with E-state index in [-0.39, 0.29) is 6.42 Å². The maximum absolute atomic E-state index is 12.1. The van der Waals surface area contributed by atoms with Gasteiger partial charge in [-0.2, -0.15) is 0 Å². The molecule has 2 rings (SSSR count). The van der Waals surface area contributed by atoms with Crippen LogP contribution in [0, 0.1) is 0 Å². The van der Waals surface area contributed by atoms with Gasteiger partial charge in [0.1, 0.15) is 18.0 Å². The molecule has 2 atom stereocenters. The van der Waals surface area contributed by atoms with Crippen LogP contribution in [-0.2, 0) is 22.6 Å². The van der Waals surface area contributed by atoms with Crippen molar-refractivity contribution in [2.24, 2.45) is 0 Å². The Hall–Kier alpha value is -3.06. The van der Waals surface area contributed by atoms with E-state index in [2.05, 4.69) is 5.32 Å². The molecule has 2 aromatic rings. The van der Waals surface area contributed by atoms with Crippen LogP contribution in [0.25, 0.3) is 0 Å². The highest BCUT2D eigenvalue weighted by atomic mass is 16.6. The Labute approximate surface area is 176 Å². The number of benzene rings is 2. The molecule has 0 aliphatic carbocycles. The predicted molar refractivity (Wildman–Crippen MR) is 112 cm³/mol. The van der Waals surface area contributed by atoms with Crippen LogP contribution in [0.3, 0.4) is 0 Å². The lowest BCUT2D eigenvalue weighted by Crippen LogP contribution is -2.47. The van der Waals surface area contributed by atoms with Crippen LogP contribution < -0.4 is 10.1 Å². The molecule has 162 valence electrons. The van der Waals surface area contributed by atoms with Crippen molar-refractivity contribution in [1.82, 2.24) is 5.32 Å². The Bertz CT molecular complexity index is 814. The molecule has 0 saturated carbocycles. The van der Waals surface area contributed by atoms with Gasteiger partial charge in [-0.1, -0.05) is 42.5 Å².